The second-order valence-electron chi connectivity index (χ2n) is 9.01. The van der Waals surface area contributed by atoms with Gasteiger partial charge in [-0.2, -0.15) is 4.98 Å². The second-order valence-corrected chi connectivity index (χ2v) is 9.92. The van der Waals surface area contributed by atoms with Crippen LogP contribution in [0.1, 0.15) is 40.0 Å². The molecule has 1 aromatic heterocycles. The summed E-state index contributed by atoms with van der Waals surface area (Å²) < 4.78 is 6.66. The number of fused-ring (bicyclic) bond motifs is 2. The lowest BCUT2D eigenvalue weighted by molar-refractivity contribution is -0.385. The summed E-state index contributed by atoms with van der Waals surface area (Å²) in [5.41, 5.74) is 0.183. The van der Waals surface area contributed by atoms with E-state index in [1.54, 1.807) is 12.1 Å². The van der Waals surface area contributed by atoms with Gasteiger partial charge in [-0.25, -0.2) is 4.98 Å². The van der Waals surface area contributed by atoms with E-state index in [9.17, 15) is 10.1 Å². The smallest absolute Gasteiger partial charge is 0.373 e. The number of nitrogens with zero attached hydrogens (tertiary/aromatic N) is 4. The maximum atomic E-state index is 12.0. The second kappa shape index (κ2) is 6.69. The Balaban J connectivity index is 1.72. The first kappa shape index (κ1) is 19.1. The van der Waals surface area contributed by atoms with Crippen LogP contribution in [0.3, 0.4) is 0 Å². The van der Waals surface area contributed by atoms with Crippen LogP contribution in [0.5, 0.6) is 11.6 Å². The molecule has 4 rings (SSSR count). The topological polar surface area (TPSA) is 81.4 Å². The van der Waals surface area contributed by atoms with Crippen molar-refractivity contribution in [3.05, 3.63) is 45.2 Å². The maximum absolute atomic E-state index is 12.0. The summed E-state index contributed by atoms with van der Waals surface area (Å²) >= 11 is 3.37. The standard InChI is InChI=1S/C20H23BrN4O3/c1-19(2)8-14-9-20(3,10-19)11-24(14)17-16(25(26)27)18(23-12-22-17)28-15-6-4-13(21)5-7-15/h4-7,12,14H,8-11H2,1-3H3. The first-order valence-corrected chi connectivity index (χ1v) is 10.1. The van der Waals surface area contributed by atoms with Crippen molar-refractivity contribution in [2.45, 2.75) is 46.1 Å². The molecular formula is C20H23BrN4O3. The van der Waals surface area contributed by atoms with Gasteiger partial charge in [-0.15, -0.1) is 0 Å². The normalized spacial score (nSPS) is 25.6. The Labute approximate surface area is 172 Å². The lowest BCUT2D eigenvalue weighted by Gasteiger charge is -2.39. The molecule has 7 nitrogen and oxygen atoms in total. The van der Waals surface area contributed by atoms with E-state index in [0.717, 1.165) is 30.3 Å². The van der Waals surface area contributed by atoms with Crippen molar-refractivity contribution in [3.8, 4) is 11.6 Å². The number of rotatable bonds is 4. The van der Waals surface area contributed by atoms with Crippen LogP contribution >= 0.6 is 15.9 Å². The zero-order chi connectivity index (χ0) is 20.1. The molecule has 0 N–H and O–H groups in total. The maximum Gasteiger partial charge on any atom is 0.373 e. The quantitative estimate of drug-likeness (QED) is 0.465. The number of hydrogen-bond acceptors (Lipinski definition) is 6. The average molecular weight is 447 g/mol. The van der Waals surface area contributed by atoms with Gasteiger partial charge in [0.2, 0.25) is 5.82 Å². The Bertz CT molecular complexity index is 918. The Morgan fingerprint density at radius 3 is 2.61 bits per heavy atom. The van der Waals surface area contributed by atoms with E-state index >= 15 is 0 Å². The molecule has 1 saturated carbocycles. The van der Waals surface area contributed by atoms with Gasteiger partial charge in [-0.3, -0.25) is 10.1 Å². The monoisotopic (exact) mass is 446 g/mol. The number of anilines is 1. The third kappa shape index (κ3) is 3.57. The molecule has 2 heterocycles. The molecule has 8 heteroatoms. The van der Waals surface area contributed by atoms with Gasteiger partial charge in [-0.1, -0.05) is 36.7 Å². The molecule has 1 aromatic carbocycles. The van der Waals surface area contributed by atoms with Crippen molar-refractivity contribution in [1.29, 1.82) is 0 Å². The van der Waals surface area contributed by atoms with Crippen molar-refractivity contribution in [1.82, 2.24) is 9.97 Å². The summed E-state index contributed by atoms with van der Waals surface area (Å²) in [5.74, 6) is 0.825. The minimum atomic E-state index is -0.431. The van der Waals surface area contributed by atoms with E-state index < -0.39 is 4.92 Å². The molecule has 1 aliphatic heterocycles. The summed E-state index contributed by atoms with van der Waals surface area (Å²) in [6.07, 6.45) is 4.48. The van der Waals surface area contributed by atoms with Crippen LogP contribution in [-0.2, 0) is 0 Å². The number of benzene rings is 1. The van der Waals surface area contributed by atoms with Gasteiger partial charge in [0, 0.05) is 17.1 Å². The highest BCUT2D eigenvalue weighted by Crippen LogP contribution is 2.54. The van der Waals surface area contributed by atoms with Crippen LogP contribution < -0.4 is 9.64 Å². The molecule has 2 aromatic rings. The molecule has 148 valence electrons. The van der Waals surface area contributed by atoms with Gasteiger partial charge < -0.3 is 9.64 Å². The van der Waals surface area contributed by atoms with Gasteiger partial charge in [-0.05, 0) is 54.4 Å². The van der Waals surface area contributed by atoms with Crippen molar-refractivity contribution in [3.63, 3.8) is 0 Å². The largest absolute Gasteiger partial charge is 0.434 e. The van der Waals surface area contributed by atoms with E-state index in [1.807, 2.05) is 12.1 Å². The van der Waals surface area contributed by atoms with Crippen LogP contribution in [0.2, 0.25) is 0 Å². The molecule has 2 atom stereocenters. The number of nitro groups is 1. The molecular weight excluding hydrogens is 424 g/mol. The summed E-state index contributed by atoms with van der Waals surface area (Å²) in [6, 6.07) is 7.35. The van der Waals surface area contributed by atoms with E-state index in [2.05, 4.69) is 51.6 Å². The lowest BCUT2D eigenvalue weighted by Crippen LogP contribution is -2.35. The molecule has 1 saturated heterocycles. The summed E-state index contributed by atoms with van der Waals surface area (Å²) in [7, 11) is 0. The molecule has 2 fully saturated rings. The number of ether oxygens (including phenoxy) is 1. The Morgan fingerprint density at radius 2 is 1.93 bits per heavy atom. The molecule has 2 aliphatic rings. The van der Waals surface area contributed by atoms with Crippen LogP contribution in [0.25, 0.3) is 0 Å². The number of halogens is 1. The Morgan fingerprint density at radius 1 is 1.21 bits per heavy atom. The van der Waals surface area contributed by atoms with Gasteiger partial charge in [0.1, 0.15) is 12.1 Å². The predicted molar refractivity (Wildman–Crippen MR) is 110 cm³/mol. The molecule has 1 aliphatic carbocycles. The number of aromatic nitrogens is 2. The molecule has 2 bridgehead atoms. The summed E-state index contributed by atoms with van der Waals surface area (Å²) in [5, 5.41) is 12.0. The van der Waals surface area contributed by atoms with E-state index in [4.69, 9.17) is 4.74 Å². The average Bonchev–Trinajstić information content (AvgIpc) is 2.85. The fraction of sp³-hybridized carbons (Fsp3) is 0.500. The minimum absolute atomic E-state index is 0.0248. The third-order valence-electron chi connectivity index (χ3n) is 5.67. The highest BCUT2D eigenvalue weighted by atomic mass is 79.9. The van der Waals surface area contributed by atoms with Crippen molar-refractivity contribution >= 4 is 27.4 Å². The fourth-order valence-corrected chi connectivity index (χ4v) is 5.38. The van der Waals surface area contributed by atoms with Crippen molar-refractivity contribution in [2.75, 3.05) is 11.4 Å². The Hall–Kier alpha value is -2.22. The predicted octanol–water partition coefficient (Wildman–Crippen LogP) is 5.34. The van der Waals surface area contributed by atoms with Gasteiger partial charge in [0.15, 0.2) is 0 Å². The van der Waals surface area contributed by atoms with Crippen LogP contribution in [0.15, 0.2) is 35.1 Å². The molecule has 0 spiro atoms. The van der Waals surface area contributed by atoms with Crippen molar-refractivity contribution in [2.24, 2.45) is 10.8 Å². The van der Waals surface area contributed by atoms with Gasteiger partial charge >= 0.3 is 11.6 Å². The first-order valence-electron chi connectivity index (χ1n) is 9.35. The minimum Gasteiger partial charge on any atom is -0.434 e. The fourth-order valence-electron chi connectivity index (χ4n) is 5.12. The highest BCUT2D eigenvalue weighted by Gasteiger charge is 2.51. The molecule has 0 radical (unpaired) electrons. The lowest BCUT2D eigenvalue weighted by atomic mass is 9.65. The SMILES string of the molecule is CC1(C)CC2CC(C)(CN2c2ncnc(Oc3ccc(Br)cc3)c2[N+](=O)[O-])C1. The zero-order valence-corrected chi connectivity index (χ0v) is 17.8. The zero-order valence-electron chi connectivity index (χ0n) is 16.2. The van der Waals surface area contributed by atoms with E-state index in [-0.39, 0.29) is 28.4 Å². The van der Waals surface area contributed by atoms with Gasteiger partial charge in [0.25, 0.3) is 0 Å². The Kier molecular flexibility index (Phi) is 4.56. The van der Waals surface area contributed by atoms with E-state index in [0.29, 0.717) is 11.6 Å². The molecule has 0 amide bonds. The van der Waals surface area contributed by atoms with Crippen molar-refractivity contribution < 1.29 is 9.66 Å². The molecule has 2 unspecified atom stereocenters. The third-order valence-corrected chi connectivity index (χ3v) is 6.20. The first-order chi connectivity index (χ1) is 13.2. The van der Waals surface area contributed by atoms with Crippen LogP contribution in [0, 0.1) is 20.9 Å². The van der Waals surface area contributed by atoms with Crippen LogP contribution in [-0.4, -0.2) is 27.5 Å². The molecule has 28 heavy (non-hydrogen) atoms. The van der Waals surface area contributed by atoms with E-state index in [1.165, 1.54) is 6.33 Å². The van der Waals surface area contributed by atoms with Gasteiger partial charge in [0.05, 0.1) is 4.92 Å². The summed E-state index contributed by atoms with van der Waals surface area (Å²) in [4.78, 5) is 22.0. The van der Waals surface area contributed by atoms with Crippen LogP contribution in [0.4, 0.5) is 11.5 Å². The summed E-state index contributed by atoms with van der Waals surface area (Å²) in [6.45, 7) is 7.58. The highest BCUT2D eigenvalue weighted by molar-refractivity contribution is 9.10. The number of hydrogen-bond donors (Lipinski definition) is 0.